The maximum Gasteiger partial charge on any atom is 0.279 e. The molecule has 0 aromatic rings. The van der Waals surface area contributed by atoms with Crippen LogP contribution in [0.5, 0.6) is 0 Å². The van der Waals surface area contributed by atoms with Crippen LogP contribution >= 0.6 is 0 Å². The van der Waals surface area contributed by atoms with Gasteiger partial charge in [-0.05, 0) is 31.4 Å². The van der Waals surface area contributed by atoms with Gasteiger partial charge in [-0.1, -0.05) is 0 Å². The Kier molecular flexibility index (Phi) is 3.62. The SMILES string of the molecule is C/C(O)=C(\N=O)C(=O)N1CCCCC1. The highest BCUT2D eigenvalue weighted by Crippen LogP contribution is 2.14. The molecular formula is C9H14N2O3. The Bertz CT molecular complexity index is 263. The summed E-state index contributed by atoms with van der Waals surface area (Å²) in [7, 11) is 0. The van der Waals surface area contributed by atoms with E-state index in [4.69, 9.17) is 5.11 Å². The molecule has 1 aliphatic heterocycles. The van der Waals surface area contributed by atoms with Crippen molar-refractivity contribution in [1.82, 2.24) is 4.90 Å². The van der Waals surface area contributed by atoms with E-state index in [2.05, 4.69) is 5.18 Å². The molecule has 1 amide bonds. The first-order valence-electron chi connectivity index (χ1n) is 4.69. The van der Waals surface area contributed by atoms with Crippen molar-refractivity contribution in [3.8, 4) is 0 Å². The Morgan fingerprint density at radius 1 is 1.29 bits per heavy atom. The second-order valence-corrected chi connectivity index (χ2v) is 3.38. The van der Waals surface area contributed by atoms with Crippen LogP contribution < -0.4 is 0 Å². The van der Waals surface area contributed by atoms with Gasteiger partial charge in [0.25, 0.3) is 5.91 Å². The summed E-state index contributed by atoms with van der Waals surface area (Å²) in [6.45, 7) is 2.58. The van der Waals surface area contributed by atoms with Crippen LogP contribution in [0.1, 0.15) is 26.2 Å². The number of carbonyl (C=O) groups is 1. The van der Waals surface area contributed by atoms with Crippen molar-refractivity contribution >= 4 is 5.91 Å². The molecule has 1 N–H and O–H groups in total. The number of likely N-dealkylation sites (tertiary alicyclic amines) is 1. The molecule has 0 atom stereocenters. The second-order valence-electron chi connectivity index (χ2n) is 3.38. The molecule has 5 heteroatoms. The minimum atomic E-state index is -0.459. The first-order chi connectivity index (χ1) is 6.66. The summed E-state index contributed by atoms with van der Waals surface area (Å²) in [5.41, 5.74) is -0.369. The van der Waals surface area contributed by atoms with Crippen molar-refractivity contribution in [1.29, 1.82) is 0 Å². The number of nitrogens with zero attached hydrogens (tertiary/aromatic N) is 2. The molecule has 0 unspecified atom stereocenters. The quantitative estimate of drug-likeness (QED) is 0.416. The van der Waals surface area contributed by atoms with Crippen LogP contribution in [-0.4, -0.2) is 29.0 Å². The van der Waals surface area contributed by atoms with Crippen molar-refractivity contribution in [3.63, 3.8) is 0 Å². The van der Waals surface area contributed by atoms with Gasteiger partial charge in [0.1, 0.15) is 5.76 Å². The summed E-state index contributed by atoms with van der Waals surface area (Å²) < 4.78 is 0. The lowest BCUT2D eigenvalue weighted by molar-refractivity contribution is -0.128. The van der Waals surface area contributed by atoms with Crippen molar-refractivity contribution in [2.24, 2.45) is 5.18 Å². The van der Waals surface area contributed by atoms with E-state index in [0.29, 0.717) is 13.1 Å². The van der Waals surface area contributed by atoms with E-state index in [0.717, 1.165) is 19.3 Å². The molecule has 1 saturated heterocycles. The van der Waals surface area contributed by atoms with Gasteiger partial charge in [-0.2, -0.15) is 0 Å². The predicted octanol–water partition coefficient (Wildman–Crippen LogP) is 1.55. The number of rotatable bonds is 2. The number of aliphatic hydroxyl groups excluding tert-OH is 1. The van der Waals surface area contributed by atoms with Gasteiger partial charge in [0.05, 0.1) is 0 Å². The number of allylic oxidation sites excluding steroid dienone is 1. The van der Waals surface area contributed by atoms with Crippen LogP contribution in [0, 0.1) is 4.91 Å². The summed E-state index contributed by atoms with van der Waals surface area (Å²) in [4.78, 5) is 23.5. The highest BCUT2D eigenvalue weighted by molar-refractivity contribution is 5.93. The molecule has 0 radical (unpaired) electrons. The van der Waals surface area contributed by atoms with Crippen molar-refractivity contribution in [2.75, 3.05) is 13.1 Å². The number of nitroso groups, excluding NO2 is 1. The van der Waals surface area contributed by atoms with Crippen molar-refractivity contribution in [2.45, 2.75) is 26.2 Å². The van der Waals surface area contributed by atoms with Crippen LogP contribution in [0.25, 0.3) is 0 Å². The summed E-state index contributed by atoms with van der Waals surface area (Å²) >= 11 is 0. The summed E-state index contributed by atoms with van der Waals surface area (Å²) in [5, 5.41) is 11.6. The lowest BCUT2D eigenvalue weighted by atomic mass is 10.1. The molecule has 1 fully saturated rings. The van der Waals surface area contributed by atoms with Crippen LogP contribution in [0.4, 0.5) is 0 Å². The van der Waals surface area contributed by atoms with E-state index >= 15 is 0 Å². The zero-order chi connectivity index (χ0) is 10.6. The number of hydrogen-bond donors (Lipinski definition) is 1. The maximum absolute atomic E-state index is 11.6. The molecule has 1 rings (SSSR count). The lowest BCUT2D eigenvalue weighted by Crippen LogP contribution is -2.36. The predicted molar refractivity (Wildman–Crippen MR) is 51.6 cm³/mol. The molecule has 0 saturated carbocycles. The standard InChI is InChI=1S/C9H14N2O3/c1-7(12)8(10-14)9(13)11-5-3-2-4-6-11/h12H,2-6H2,1H3/b8-7+. The number of aliphatic hydroxyl groups is 1. The average Bonchev–Trinajstić information content (AvgIpc) is 2.19. The molecule has 0 aromatic carbocycles. The molecule has 1 aliphatic rings. The van der Waals surface area contributed by atoms with Gasteiger partial charge in [0.15, 0.2) is 0 Å². The van der Waals surface area contributed by atoms with E-state index < -0.39 is 5.91 Å². The zero-order valence-corrected chi connectivity index (χ0v) is 8.19. The van der Waals surface area contributed by atoms with Crippen LogP contribution in [0.3, 0.4) is 0 Å². The highest BCUT2D eigenvalue weighted by atomic mass is 16.3. The Morgan fingerprint density at radius 2 is 1.86 bits per heavy atom. The maximum atomic E-state index is 11.6. The van der Waals surface area contributed by atoms with Gasteiger partial charge in [0, 0.05) is 13.1 Å². The molecule has 0 spiro atoms. The molecule has 1 heterocycles. The number of amides is 1. The monoisotopic (exact) mass is 198 g/mol. The Labute approximate surface area is 82.4 Å². The smallest absolute Gasteiger partial charge is 0.279 e. The van der Waals surface area contributed by atoms with E-state index in [1.807, 2.05) is 0 Å². The molecule has 0 bridgehead atoms. The number of hydrogen-bond acceptors (Lipinski definition) is 4. The van der Waals surface area contributed by atoms with Crippen molar-refractivity contribution < 1.29 is 9.90 Å². The number of carbonyl (C=O) groups excluding carboxylic acids is 1. The Morgan fingerprint density at radius 3 is 2.29 bits per heavy atom. The van der Waals surface area contributed by atoms with Gasteiger partial charge in [-0.25, -0.2) is 0 Å². The van der Waals surface area contributed by atoms with Crippen LogP contribution in [0.2, 0.25) is 0 Å². The van der Waals surface area contributed by atoms with Crippen molar-refractivity contribution in [3.05, 3.63) is 16.4 Å². The molecule has 0 aliphatic carbocycles. The summed E-state index contributed by atoms with van der Waals surface area (Å²) in [6.07, 6.45) is 3.00. The molecule has 78 valence electrons. The third-order valence-electron chi connectivity index (χ3n) is 2.28. The third kappa shape index (κ3) is 2.31. The van der Waals surface area contributed by atoms with E-state index in [-0.39, 0.29) is 11.5 Å². The Balaban J connectivity index is 2.72. The first-order valence-corrected chi connectivity index (χ1v) is 4.69. The topological polar surface area (TPSA) is 70.0 Å². The minimum absolute atomic E-state index is 0.310. The molecule has 14 heavy (non-hydrogen) atoms. The minimum Gasteiger partial charge on any atom is -0.510 e. The molecular weight excluding hydrogens is 184 g/mol. The normalized spacial score (nSPS) is 18.8. The van der Waals surface area contributed by atoms with E-state index in [9.17, 15) is 9.70 Å². The fourth-order valence-electron chi connectivity index (χ4n) is 1.51. The highest BCUT2D eigenvalue weighted by Gasteiger charge is 2.22. The van der Waals surface area contributed by atoms with Gasteiger partial charge in [0.2, 0.25) is 5.70 Å². The molecule has 0 aromatic heterocycles. The fraction of sp³-hybridized carbons (Fsp3) is 0.667. The van der Waals surface area contributed by atoms with Gasteiger partial charge < -0.3 is 10.0 Å². The molecule has 5 nitrogen and oxygen atoms in total. The number of piperidine rings is 1. The second kappa shape index (κ2) is 4.74. The largest absolute Gasteiger partial charge is 0.510 e. The van der Waals surface area contributed by atoms with Gasteiger partial charge in [-0.3, -0.25) is 4.79 Å². The van der Waals surface area contributed by atoms with E-state index in [1.165, 1.54) is 6.92 Å². The first kappa shape index (κ1) is 10.7. The lowest BCUT2D eigenvalue weighted by Gasteiger charge is -2.26. The zero-order valence-electron chi connectivity index (χ0n) is 8.19. The Hall–Kier alpha value is -1.39. The summed E-state index contributed by atoms with van der Waals surface area (Å²) in [5.74, 6) is -0.768. The third-order valence-corrected chi connectivity index (χ3v) is 2.28. The van der Waals surface area contributed by atoms with Crippen LogP contribution in [0.15, 0.2) is 16.6 Å². The van der Waals surface area contributed by atoms with Crippen LogP contribution in [-0.2, 0) is 4.79 Å². The van der Waals surface area contributed by atoms with E-state index in [1.54, 1.807) is 4.90 Å². The fourth-order valence-corrected chi connectivity index (χ4v) is 1.51. The average molecular weight is 198 g/mol. The van der Waals surface area contributed by atoms with Gasteiger partial charge >= 0.3 is 0 Å². The van der Waals surface area contributed by atoms with Gasteiger partial charge in [-0.15, -0.1) is 4.91 Å². The summed E-state index contributed by atoms with van der Waals surface area (Å²) in [6, 6.07) is 0.